The fraction of sp³-hybridized carbons (Fsp3) is 0. The number of para-hydroxylation sites is 4. The van der Waals surface area contributed by atoms with Crippen molar-refractivity contribution in [1.82, 2.24) is 14.5 Å². The Kier molecular flexibility index (Phi) is 7.46. The highest BCUT2D eigenvalue weighted by atomic mass is 15.1. The molecule has 0 spiro atoms. The van der Waals surface area contributed by atoms with Crippen molar-refractivity contribution in [3.8, 4) is 61.8 Å². The molecule has 0 amide bonds. The van der Waals surface area contributed by atoms with E-state index in [9.17, 15) is 0 Å². The van der Waals surface area contributed by atoms with Gasteiger partial charge in [-0.05, 0) is 60.2 Å². The number of aromatic nitrogens is 3. The monoisotopic (exact) mass is 714 g/mol. The fourth-order valence-electron chi connectivity index (χ4n) is 8.44. The Labute approximate surface area is 325 Å². The van der Waals surface area contributed by atoms with Crippen LogP contribution in [0.5, 0.6) is 0 Å². The lowest BCUT2D eigenvalue weighted by atomic mass is 9.92. The minimum absolute atomic E-state index is 0.706. The average Bonchev–Trinajstić information content (AvgIpc) is 3.55. The van der Waals surface area contributed by atoms with E-state index < -0.39 is 0 Å². The molecule has 0 atom stereocenters. The summed E-state index contributed by atoms with van der Waals surface area (Å²) in [6.45, 7) is 0. The molecule has 2 aromatic heterocycles. The lowest BCUT2D eigenvalue weighted by Gasteiger charge is -2.27. The predicted molar refractivity (Wildman–Crippen MR) is 232 cm³/mol. The smallest absolute Gasteiger partial charge is 0.160 e. The molecule has 0 N–H and O–H groups in total. The molecule has 262 valence electrons. The zero-order valence-electron chi connectivity index (χ0n) is 30.4. The number of anilines is 3. The first-order chi connectivity index (χ1) is 27.8. The number of hydrogen-bond donors (Lipinski definition) is 0. The molecule has 8 aromatic carbocycles. The first kappa shape index (κ1) is 31.9. The van der Waals surface area contributed by atoms with Crippen molar-refractivity contribution in [2.24, 2.45) is 0 Å². The summed E-state index contributed by atoms with van der Waals surface area (Å²) < 4.78 is 2.45. The van der Waals surface area contributed by atoms with Gasteiger partial charge in [0.05, 0.1) is 33.8 Å². The Morgan fingerprint density at radius 2 is 0.911 bits per heavy atom. The lowest BCUT2D eigenvalue weighted by Crippen LogP contribution is -2.10. The molecule has 1 aliphatic rings. The molecule has 4 heteroatoms. The van der Waals surface area contributed by atoms with Crippen LogP contribution in [-0.4, -0.2) is 14.5 Å². The quantitative estimate of drug-likeness (QED) is 0.178. The van der Waals surface area contributed by atoms with Gasteiger partial charge in [0.2, 0.25) is 0 Å². The van der Waals surface area contributed by atoms with Gasteiger partial charge in [0.1, 0.15) is 0 Å². The van der Waals surface area contributed by atoms with Crippen LogP contribution in [-0.2, 0) is 0 Å². The molecule has 0 fully saturated rings. The second kappa shape index (κ2) is 13.1. The molecule has 11 rings (SSSR count). The van der Waals surface area contributed by atoms with Crippen molar-refractivity contribution < 1.29 is 0 Å². The fourth-order valence-corrected chi connectivity index (χ4v) is 8.44. The summed E-state index contributed by atoms with van der Waals surface area (Å²) in [5, 5.41) is 2.35. The van der Waals surface area contributed by atoms with E-state index in [2.05, 4.69) is 191 Å². The summed E-state index contributed by atoms with van der Waals surface area (Å²) in [6, 6.07) is 73.3. The van der Waals surface area contributed by atoms with Gasteiger partial charge in [0.25, 0.3) is 0 Å². The van der Waals surface area contributed by atoms with Gasteiger partial charge in [-0.1, -0.05) is 152 Å². The van der Waals surface area contributed by atoms with Crippen molar-refractivity contribution in [3.63, 3.8) is 0 Å². The molecule has 0 saturated heterocycles. The minimum atomic E-state index is 0.706. The maximum Gasteiger partial charge on any atom is 0.160 e. The van der Waals surface area contributed by atoms with Crippen LogP contribution in [0.2, 0.25) is 0 Å². The summed E-state index contributed by atoms with van der Waals surface area (Å²) in [5.74, 6) is 0.706. The SMILES string of the molecule is c1ccc(-c2cc(-c3ccc4c(c3)c3ccc5c(c3n4-c3ccccc3)-c3ccccc3N(c3ccccc3)c3ccccc3-5)nc(-c3ccccc3)n2)cc1. The molecule has 0 saturated carbocycles. The van der Waals surface area contributed by atoms with E-state index in [1.165, 1.54) is 38.5 Å². The minimum Gasteiger partial charge on any atom is -0.309 e. The number of benzene rings is 8. The van der Waals surface area contributed by atoms with E-state index in [-0.39, 0.29) is 0 Å². The highest BCUT2D eigenvalue weighted by molar-refractivity contribution is 6.19. The van der Waals surface area contributed by atoms with Crippen molar-refractivity contribution in [2.75, 3.05) is 4.90 Å². The van der Waals surface area contributed by atoms with Gasteiger partial charge in [-0.3, -0.25) is 0 Å². The number of nitrogens with zero attached hydrogens (tertiary/aromatic N) is 4. The summed E-state index contributed by atoms with van der Waals surface area (Å²) >= 11 is 0. The molecule has 3 heterocycles. The Morgan fingerprint density at radius 1 is 0.357 bits per heavy atom. The largest absolute Gasteiger partial charge is 0.309 e. The van der Waals surface area contributed by atoms with E-state index in [1.807, 2.05) is 24.3 Å². The molecule has 0 aliphatic carbocycles. The number of fused-ring (bicyclic) bond motifs is 9. The topological polar surface area (TPSA) is 34.0 Å². The van der Waals surface area contributed by atoms with Crippen LogP contribution in [0.15, 0.2) is 206 Å². The highest BCUT2D eigenvalue weighted by Crippen LogP contribution is 2.54. The van der Waals surface area contributed by atoms with Crippen LogP contribution in [0.3, 0.4) is 0 Å². The molecule has 4 nitrogen and oxygen atoms in total. The lowest BCUT2D eigenvalue weighted by molar-refractivity contribution is 1.18. The zero-order chi connectivity index (χ0) is 37.0. The van der Waals surface area contributed by atoms with Gasteiger partial charge >= 0.3 is 0 Å². The molecular formula is C52H34N4. The summed E-state index contributed by atoms with van der Waals surface area (Å²) in [7, 11) is 0. The second-order valence-electron chi connectivity index (χ2n) is 14.2. The van der Waals surface area contributed by atoms with E-state index in [0.29, 0.717) is 5.82 Å². The van der Waals surface area contributed by atoms with Gasteiger partial charge in [0, 0.05) is 55.5 Å². The van der Waals surface area contributed by atoms with E-state index in [4.69, 9.17) is 9.97 Å². The van der Waals surface area contributed by atoms with E-state index >= 15 is 0 Å². The molecule has 56 heavy (non-hydrogen) atoms. The standard InChI is InChI=1S/C52H34N4/c1-5-17-35(18-6-1)45-34-46(54-52(53-45)36-19-7-2-8-20-36)37-29-32-49-44(33-37)42-31-30-41-40-25-13-15-27-47(40)55(38-21-9-3-10-22-38)48-28-16-14-26-43(48)50(41)51(42)56(49)39-23-11-4-12-24-39/h1-34H. The second-order valence-corrected chi connectivity index (χ2v) is 14.2. The Morgan fingerprint density at radius 3 is 1.61 bits per heavy atom. The third-order valence-electron chi connectivity index (χ3n) is 10.9. The highest BCUT2D eigenvalue weighted by Gasteiger charge is 2.29. The van der Waals surface area contributed by atoms with Crippen LogP contribution >= 0.6 is 0 Å². The molecule has 10 aromatic rings. The van der Waals surface area contributed by atoms with Gasteiger partial charge in [-0.2, -0.15) is 0 Å². The average molecular weight is 715 g/mol. The van der Waals surface area contributed by atoms with Crippen LogP contribution < -0.4 is 4.90 Å². The predicted octanol–water partition coefficient (Wildman–Crippen LogP) is 13.7. The van der Waals surface area contributed by atoms with Gasteiger partial charge in [-0.25, -0.2) is 9.97 Å². The van der Waals surface area contributed by atoms with Gasteiger partial charge < -0.3 is 9.47 Å². The Hall–Kier alpha value is -7.56. The van der Waals surface area contributed by atoms with Crippen molar-refractivity contribution in [3.05, 3.63) is 206 Å². The Balaban J connectivity index is 1.22. The third-order valence-corrected chi connectivity index (χ3v) is 10.9. The van der Waals surface area contributed by atoms with Crippen LogP contribution in [0.1, 0.15) is 0 Å². The van der Waals surface area contributed by atoms with E-state index in [1.54, 1.807) is 0 Å². The van der Waals surface area contributed by atoms with Gasteiger partial charge in [0.15, 0.2) is 5.82 Å². The molecule has 1 aliphatic heterocycles. The first-order valence-electron chi connectivity index (χ1n) is 19.0. The normalized spacial score (nSPS) is 11.9. The number of rotatable bonds is 5. The van der Waals surface area contributed by atoms with Gasteiger partial charge in [-0.15, -0.1) is 0 Å². The summed E-state index contributed by atoms with van der Waals surface area (Å²) in [5.41, 5.74) is 16.5. The van der Waals surface area contributed by atoms with Crippen LogP contribution in [0, 0.1) is 0 Å². The van der Waals surface area contributed by atoms with Crippen LogP contribution in [0.25, 0.3) is 83.6 Å². The van der Waals surface area contributed by atoms with Crippen molar-refractivity contribution in [1.29, 1.82) is 0 Å². The molecule has 0 unspecified atom stereocenters. The maximum atomic E-state index is 5.20. The molecule has 0 radical (unpaired) electrons. The van der Waals surface area contributed by atoms with Crippen LogP contribution in [0.4, 0.5) is 17.1 Å². The van der Waals surface area contributed by atoms with Crippen molar-refractivity contribution >= 4 is 38.9 Å². The number of hydrogen-bond acceptors (Lipinski definition) is 3. The summed E-state index contributed by atoms with van der Waals surface area (Å²) in [4.78, 5) is 12.7. The maximum absolute atomic E-state index is 5.20. The summed E-state index contributed by atoms with van der Waals surface area (Å²) in [6.07, 6.45) is 0. The van der Waals surface area contributed by atoms with E-state index in [0.717, 1.165) is 56.3 Å². The Bertz CT molecular complexity index is 3000. The first-order valence-corrected chi connectivity index (χ1v) is 19.0. The molecule has 0 bridgehead atoms. The van der Waals surface area contributed by atoms with Crippen molar-refractivity contribution in [2.45, 2.75) is 0 Å². The third kappa shape index (κ3) is 5.15. The molecular weight excluding hydrogens is 681 g/mol. The zero-order valence-corrected chi connectivity index (χ0v) is 30.4.